The number of halogens is 1. The van der Waals surface area contributed by atoms with Crippen molar-refractivity contribution in [2.45, 2.75) is 6.92 Å². The molecule has 0 unspecified atom stereocenters. The normalized spacial score (nSPS) is 9.61. The van der Waals surface area contributed by atoms with Crippen LogP contribution in [0, 0.1) is 25.1 Å². The van der Waals surface area contributed by atoms with E-state index in [0.717, 1.165) is 32.7 Å². The van der Waals surface area contributed by atoms with Crippen LogP contribution in [0.15, 0.2) is 199 Å². The van der Waals surface area contributed by atoms with Crippen molar-refractivity contribution in [2.75, 3.05) is 0 Å². The molecule has 3 nitrogen and oxygen atoms in total. The van der Waals surface area contributed by atoms with Gasteiger partial charge in [-0.25, -0.2) is 0 Å². The SMILES string of the molecule is Brc1c[c-]ccc1.Cc1ccccn1.[Ir+3].[c-]1cc(-c2ccccc2)ccc1-c1ccccn1.[c-]1cc(-c2ccccc2)ccc1-c1ccccn1. The number of rotatable bonds is 4. The van der Waals surface area contributed by atoms with Crippen LogP contribution in [0.1, 0.15) is 5.69 Å². The maximum Gasteiger partial charge on any atom is 3.00 e. The molecule has 0 amide bonds. The van der Waals surface area contributed by atoms with Crippen LogP contribution in [-0.2, 0) is 20.1 Å². The van der Waals surface area contributed by atoms with Crippen molar-refractivity contribution < 1.29 is 20.1 Å². The molecular formula is C46H35BrIrN3. The zero-order chi connectivity index (χ0) is 34.6. The quantitative estimate of drug-likeness (QED) is 0.165. The molecule has 0 aliphatic carbocycles. The van der Waals surface area contributed by atoms with Gasteiger partial charge in [-0.1, -0.05) is 118 Å². The molecule has 0 N–H and O–H groups in total. The van der Waals surface area contributed by atoms with Crippen LogP contribution in [0.5, 0.6) is 0 Å². The third kappa shape index (κ3) is 13.1. The molecular weight excluding hydrogens is 867 g/mol. The summed E-state index contributed by atoms with van der Waals surface area (Å²) in [6.07, 6.45) is 5.39. The Balaban J connectivity index is 0.000000165. The number of pyridine rings is 3. The minimum atomic E-state index is 0. The predicted molar refractivity (Wildman–Crippen MR) is 210 cm³/mol. The van der Waals surface area contributed by atoms with E-state index in [2.05, 4.69) is 97.6 Å². The molecule has 0 bridgehead atoms. The summed E-state index contributed by atoms with van der Waals surface area (Å²) in [7, 11) is 0. The fourth-order valence-electron chi connectivity index (χ4n) is 4.65. The van der Waals surface area contributed by atoms with Gasteiger partial charge in [-0.2, -0.15) is 30.3 Å². The average molecular weight is 902 g/mol. The Morgan fingerprint density at radius 3 is 1.20 bits per heavy atom. The number of aryl methyl sites for hydroxylation is 1. The van der Waals surface area contributed by atoms with Gasteiger partial charge in [0.15, 0.2) is 0 Å². The van der Waals surface area contributed by atoms with E-state index < -0.39 is 0 Å². The molecule has 3 aromatic heterocycles. The Morgan fingerprint density at radius 1 is 0.431 bits per heavy atom. The average Bonchev–Trinajstić information content (AvgIpc) is 3.21. The zero-order valence-corrected chi connectivity index (χ0v) is 32.0. The summed E-state index contributed by atoms with van der Waals surface area (Å²) in [5, 5.41) is 0. The zero-order valence-electron chi connectivity index (χ0n) is 28.0. The Bertz CT molecular complexity index is 1790. The van der Waals surface area contributed by atoms with Gasteiger partial charge in [0.1, 0.15) is 0 Å². The van der Waals surface area contributed by atoms with Crippen molar-refractivity contribution in [1.82, 2.24) is 15.0 Å². The van der Waals surface area contributed by atoms with Crippen LogP contribution in [0.4, 0.5) is 0 Å². The fraction of sp³-hybridized carbons (Fsp3) is 0.0217. The van der Waals surface area contributed by atoms with E-state index in [4.69, 9.17) is 0 Å². The van der Waals surface area contributed by atoms with E-state index in [1.54, 1.807) is 18.6 Å². The van der Waals surface area contributed by atoms with Crippen LogP contribution in [0.2, 0.25) is 0 Å². The summed E-state index contributed by atoms with van der Waals surface area (Å²) in [4.78, 5) is 12.6. The molecule has 8 aromatic rings. The minimum absolute atomic E-state index is 0. The Labute approximate surface area is 323 Å². The second-order valence-electron chi connectivity index (χ2n) is 10.8. The first kappa shape index (κ1) is 38.5. The van der Waals surface area contributed by atoms with Gasteiger partial charge >= 0.3 is 20.1 Å². The molecule has 5 aromatic carbocycles. The standard InChI is InChI=1S/2C17H12N.C6H4Br.C6H7N.Ir/c2*1-2-6-14(7-3-1)15-9-11-16(12-10-15)17-8-4-5-13-18-17;7-6-4-2-1-3-5-6;1-6-4-2-3-5-7-6;/h2*1-11,13H;1-2,4-5H;2-5H,1H3;/q3*-1;;+3. The summed E-state index contributed by atoms with van der Waals surface area (Å²) < 4.78 is 1.08. The number of nitrogens with zero attached hydrogens (tertiary/aromatic N) is 3. The third-order valence-electron chi connectivity index (χ3n) is 7.20. The van der Waals surface area contributed by atoms with Crippen LogP contribution in [0.25, 0.3) is 44.8 Å². The molecule has 0 atom stereocenters. The molecule has 51 heavy (non-hydrogen) atoms. The summed E-state index contributed by atoms with van der Waals surface area (Å²) >= 11 is 3.28. The molecule has 0 saturated heterocycles. The smallest absolute Gasteiger partial charge is 0.305 e. The molecule has 0 fully saturated rings. The summed E-state index contributed by atoms with van der Waals surface area (Å²) in [5.74, 6) is 0. The third-order valence-corrected chi connectivity index (χ3v) is 7.70. The number of benzene rings is 5. The minimum Gasteiger partial charge on any atom is -0.305 e. The maximum absolute atomic E-state index is 4.32. The number of aromatic nitrogens is 3. The first-order chi connectivity index (χ1) is 24.7. The van der Waals surface area contributed by atoms with Gasteiger partial charge in [-0.3, -0.25) is 4.98 Å². The van der Waals surface area contributed by atoms with Gasteiger partial charge in [0.05, 0.1) is 0 Å². The number of hydrogen-bond donors (Lipinski definition) is 0. The molecule has 0 aliphatic rings. The molecule has 5 heteroatoms. The molecule has 8 rings (SSSR count). The van der Waals surface area contributed by atoms with Crippen molar-refractivity contribution >= 4 is 15.9 Å². The fourth-order valence-corrected chi connectivity index (χ4v) is 4.94. The van der Waals surface area contributed by atoms with Gasteiger partial charge in [0.25, 0.3) is 0 Å². The summed E-state index contributed by atoms with van der Waals surface area (Å²) in [6.45, 7) is 1.97. The number of hydrogen-bond acceptors (Lipinski definition) is 3. The largest absolute Gasteiger partial charge is 3.00 e. The van der Waals surface area contributed by atoms with E-state index in [9.17, 15) is 0 Å². The summed E-state index contributed by atoms with van der Waals surface area (Å²) in [5.41, 5.74) is 9.80. The van der Waals surface area contributed by atoms with Crippen molar-refractivity contribution in [3.05, 3.63) is 223 Å². The van der Waals surface area contributed by atoms with Gasteiger partial charge < -0.3 is 9.97 Å². The van der Waals surface area contributed by atoms with Gasteiger partial charge in [0.2, 0.25) is 0 Å². The molecule has 250 valence electrons. The molecule has 0 aliphatic heterocycles. The van der Waals surface area contributed by atoms with Crippen molar-refractivity contribution in [2.24, 2.45) is 0 Å². The molecule has 0 radical (unpaired) electrons. The van der Waals surface area contributed by atoms with Gasteiger partial charge in [-0.05, 0) is 42.6 Å². The maximum atomic E-state index is 4.32. The van der Waals surface area contributed by atoms with Gasteiger partial charge in [0, 0.05) is 24.3 Å². The first-order valence-electron chi connectivity index (χ1n) is 16.1. The van der Waals surface area contributed by atoms with Crippen LogP contribution in [-0.4, -0.2) is 15.0 Å². The van der Waals surface area contributed by atoms with Crippen molar-refractivity contribution in [1.29, 1.82) is 0 Å². The van der Waals surface area contributed by atoms with E-state index in [1.165, 1.54) is 22.3 Å². The monoisotopic (exact) mass is 901 g/mol. The molecule has 3 heterocycles. The van der Waals surface area contributed by atoms with Crippen molar-refractivity contribution in [3.8, 4) is 44.8 Å². The first-order valence-corrected chi connectivity index (χ1v) is 16.9. The Morgan fingerprint density at radius 2 is 0.902 bits per heavy atom. The molecule has 0 spiro atoms. The van der Waals surface area contributed by atoms with Crippen LogP contribution < -0.4 is 0 Å². The topological polar surface area (TPSA) is 38.7 Å². The van der Waals surface area contributed by atoms with E-state index in [-0.39, 0.29) is 20.1 Å². The van der Waals surface area contributed by atoms with Crippen LogP contribution >= 0.6 is 15.9 Å². The Hall–Kier alpha value is -5.32. The van der Waals surface area contributed by atoms with E-state index in [1.807, 2.05) is 134 Å². The van der Waals surface area contributed by atoms with E-state index in [0.29, 0.717) is 0 Å². The van der Waals surface area contributed by atoms with Crippen LogP contribution in [0.3, 0.4) is 0 Å². The van der Waals surface area contributed by atoms with Gasteiger partial charge in [-0.15, -0.1) is 75.6 Å². The second-order valence-corrected chi connectivity index (χ2v) is 11.8. The van der Waals surface area contributed by atoms with E-state index >= 15 is 0 Å². The van der Waals surface area contributed by atoms with Crippen molar-refractivity contribution in [3.63, 3.8) is 0 Å². The second kappa shape index (κ2) is 21.7. The Kier molecular flexibility index (Phi) is 16.4. The predicted octanol–water partition coefficient (Wildman–Crippen LogP) is 12.1. The summed E-state index contributed by atoms with van der Waals surface area (Å²) in [6, 6.07) is 67.8. The molecule has 0 saturated carbocycles.